The molecule has 0 saturated carbocycles. The SMILES string of the molecule is COc1ccc(C(=O)OCc2csc(CC(=O)Nc3cc(C)ccc3C)n2)cc1. The number of hydrogen-bond acceptors (Lipinski definition) is 6. The molecule has 0 radical (unpaired) electrons. The van der Waals surface area contributed by atoms with Crippen LogP contribution in [0.2, 0.25) is 0 Å². The lowest BCUT2D eigenvalue weighted by Crippen LogP contribution is -2.15. The number of rotatable bonds is 7. The number of aryl methyl sites for hydroxylation is 2. The summed E-state index contributed by atoms with van der Waals surface area (Å²) in [7, 11) is 1.56. The number of carbonyl (C=O) groups excluding carboxylic acids is 2. The molecule has 150 valence electrons. The molecule has 0 aliphatic rings. The molecule has 1 heterocycles. The van der Waals surface area contributed by atoms with Gasteiger partial charge in [0.25, 0.3) is 0 Å². The third-order valence-electron chi connectivity index (χ3n) is 4.26. The first-order chi connectivity index (χ1) is 13.9. The molecule has 2 aromatic carbocycles. The Morgan fingerprint density at radius 3 is 2.59 bits per heavy atom. The second-order valence-corrected chi connectivity index (χ2v) is 7.52. The number of anilines is 1. The van der Waals surface area contributed by atoms with Crippen molar-refractivity contribution in [2.24, 2.45) is 0 Å². The normalized spacial score (nSPS) is 10.4. The number of nitrogens with zero attached hydrogens (tertiary/aromatic N) is 1. The molecule has 0 saturated heterocycles. The molecule has 7 heteroatoms. The first-order valence-electron chi connectivity index (χ1n) is 9.06. The minimum absolute atomic E-state index is 0.0555. The molecule has 29 heavy (non-hydrogen) atoms. The number of aromatic nitrogens is 1. The van der Waals surface area contributed by atoms with Crippen molar-refractivity contribution in [3.05, 3.63) is 75.2 Å². The van der Waals surface area contributed by atoms with E-state index in [4.69, 9.17) is 9.47 Å². The van der Waals surface area contributed by atoms with Gasteiger partial charge in [0.15, 0.2) is 0 Å². The van der Waals surface area contributed by atoms with E-state index in [1.165, 1.54) is 11.3 Å². The van der Waals surface area contributed by atoms with Crippen LogP contribution in [-0.4, -0.2) is 24.0 Å². The number of esters is 1. The Labute approximate surface area is 173 Å². The van der Waals surface area contributed by atoms with Gasteiger partial charge in [-0.3, -0.25) is 4.79 Å². The van der Waals surface area contributed by atoms with Gasteiger partial charge in [0.1, 0.15) is 17.4 Å². The highest BCUT2D eigenvalue weighted by Gasteiger charge is 2.12. The molecule has 1 amide bonds. The van der Waals surface area contributed by atoms with E-state index in [2.05, 4.69) is 10.3 Å². The van der Waals surface area contributed by atoms with Crippen molar-refractivity contribution in [3.8, 4) is 5.75 Å². The summed E-state index contributed by atoms with van der Waals surface area (Å²) in [5.41, 5.74) is 3.95. The van der Waals surface area contributed by atoms with Gasteiger partial charge in [0.05, 0.1) is 24.8 Å². The third-order valence-corrected chi connectivity index (χ3v) is 5.15. The number of methoxy groups -OCH3 is 1. The Bertz CT molecular complexity index is 1010. The van der Waals surface area contributed by atoms with Crippen LogP contribution in [0.3, 0.4) is 0 Å². The van der Waals surface area contributed by atoms with Gasteiger partial charge in [-0.1, -0.05) is 12.1 Å². The number of ether oxygens (including phenoxy) is 2. The van der Waals surface area contributed by atoms with Gasteiger partial charge in [-0.25, -0.2) is 9.78 Å². The quantitative estimate of drug-likeness (QED) is 0.588. The monoisotopic (exact) mass is 410 g/mol. The van der Waals surface area contributed by atoms with Crippen molar-refractivity contribution in [2.45, 2.75) is 26.9 Å². The van der Waals surface area contributed by atoms with Gasteiger partial charge >= 0.3 is 5.97 Å². The summed E-state index contributed by atoms with van der Waals surface area (Å²) in [5.74, 6) is 0.106. The van der Waals surface area contributed by atoms with E-state index in [0.29, 0.717) is 22.0 Å². The fourth-order valence-electron chi connectivity index (χ4n) is 2.65. The maximum absolute atomic E-state index is 12.3. The lowest BCUT2D eigenvalue weighted by atomic mass is 10.1. The minimum atomic E-state index is -0.435. The van der Waals surface area contributed by atoms with Gasteiger partial charge in [-0.15, -0.1) is 11.3 Å². The predicted molar refractivity (Wildman–Crippen MR) is 112 cm³/mol. The summed E-state index contributed by atoms with van der Waals surface area (Å²) in [6, 6.07) is 12.6. The van der Waals surface area contributed by atoms with E-state index in [9.17, 15) is 9.59 Å². The Morgan fingerprint density at radius 2 is 1.86 bits per heavy atom. The summed E-state index contributed by atoms with van der Waals surface area (Å²) in [6.45, 7) is 3.99. The van der Waals surface area contributed by atoms with Crippen molar-refractivity contribution < 1.29 is 19.1 Å². The average molecular weight is 410 g/mol. The largest absolute Gasteiger partial charge is 0.497 e. The van der Waals surface area contributed by atoms with Crippen LogP contribution in [0.4, 0.5) is 5.69 Å². The molecule has 3 aromatic rings. The average Bonchev–Trinajstić information content (AvgIpc) is 3.16. The molecule has 3 rings (SSSR count). The van der Waals surface area contributed by atoms with E-state index in [-0.39, 0.29) is 18.9 Å². The van der Waals surface area contributed by atoms with Crippen molar-refractivity contribution >= 4 is 28.9 Å². The fraction of sp³-hybridized carbons (Fsp3) is 0.227. The maximum Gasteiger partial charge on any atom is 0.338 e. The van der Waals surface area contributed by atoms with Crippen molar-refractivity contribution in [2.75, 3.05) is 12.4 Å². The molecule has 0 fully saturated rings. The zero-order valence-electron chi connectivity index (χ0n) is 16.5. The topological polar surface area (TPSA) is 77.5 Å². The summed E-state index contributed by atoms with van der Waals surface area (Å²) in [5, 5.41) is 5.39. The highest BCUT2D eigenvalue weighted by atomic mass is 32.1. The Kier molecular flexibility index (Phi) is 6.61. The molecule has 1 N–H and O–H groups in total. The summed E-state index contributed by atoms with van der Waals surface area (Å²) in [6.07, 6.45) is 0.171. The Hall–Kier alpha value is -3.19. The van der Waals surface area contributed by atoms with Gasteiger partial charge in [-0.2, -0.15) is 0 Å². The van der Waals surface area contributed by atoms with E-state index in [1.54, 1.807) is 36.8 Å². The summed E-state index contributed by atoms with van der Waals surface area (Å²) < 4.78 is 10.4. The molecule has 6 nitrogen and oxygen atoms in total. The molecule has 0 aliphatic heterocycles. The lowest BCUT2D eigenvalue weighted by Gasteiger charge is -2.08. The molecule has 0 unspecified atom stereocenters. The lowest BCUT2D eigenvalue weighted by molar-refractivity contribution is -0.115. The van der Waals surface area contributed by atoms with Crippen LogP contribution in [-0.2, 0) is 22.6 Å². The summed E-state index contributed by atoms with van der Waals surface area (Å²) in [4.78, 5) is 28.8. The summed E-state index contributed by atoms with van der Waals surface area (Å²) >= 11 is 1.37. The zero-order chi connectivity index (χ0) is 20.8. The Balaban J connectivity index is 1.52. The first-order valence-corrected chi connectivity index (χ1v) is 9.94. The van der Waals surface area contributed by atoms with E-state index < -0.39 is 5.97 Å². The van der Waals surface area contributed by atoms with Gasteiger partial charge in [0.2, 0.25) is 5.91 Å². The first kappa shape index (κ1) is 20.5. The van der Waals surface area contributed by atoms with Crippen LogP contribution < -0.4 is 10.1 Å². The van der Waals surface area contributed by atoms with Gasteiger partial charge < -0.3 is 14.8 Å². The van der Waals surface area contributed by atoms with E-state index in [1.807, 2.05) is 32.0 Å². The van der Waals surface area contributed by atoms with Gasteiger partial charge in [0, 0.05) is 11.1 Å². The highest BCUT2D eigenvalue weighted by molar-refractivity contribution is 7.09. The molecule has 0 bridgehead atoms. The number of amides is 1. The fourth-order valence-corrected chi connectivity index (χ4v) is 3.43. The number of hydrogen-bond donors (Lipinski definition) is 1. The third kappa shape index (κ3) is 5.65. The van der Waals surface area contributed by atoms with E-state index in [0.717, 1.165) is 16.8 Å². The standard InChI is InChI=1S/C22H22N2O4S/c1-14-4-5-15(2)19(10-14)24-20(25)11-21-23-17(13-29-21)12-28-22(26)16-6-8-18(27-3)9-7-16/h4-10,13H,11-12H2,1-3H3,(H,24,25). The van der Waals surface area contributed by atoms with Crippen molar-refractivity contribution in [3.63, 3.8) is 0 Å². The number of nitrogens with one attached hydrogen (secondary N) is 1. The molecule has 0 spiro atoms. The van der Waals surface area contributed by atoms with Crippen LogP contribution in [0.1, 0.15) is 32.2 Å². The second kappa shape index (κ2) is 9.34. The van der Waals surface area contributed by atoms with Crippen molar-refractivity contribution in [1.29, 1.82) is 0 Å². The molecular formula is C22H22N2O4S. The smallest absolute Gasteiger partial charge is 0.338 e. The second-order valence-electron chi connectivity index (χ2n) is 6.58. The molecule has 1 aromatic heterocycles. The van der Waals surface area contributed by atoms with Crippen LogP contribution in [0.5, 0.6) is 5.75 Å². The number of thiazole rings is 1. The zero-order valence-corrected chi connectivity index (χ0v) is 17.3. The number of carbonyl (C=O) groups is 2. The Morgan fingerprint density at radius 1 is 1.10 bits per heavy atom. The van der Waals surface area contributed by atoms with E-state index >= 15 is 0 Å². The molecule has 0 atom stereocenters. The van der Waals surface area contributed by atoms with Crippen LogP contribution in [0.15, 0.2) is 47.8 Å². The van der Waals surface area contributed by atoms with Crippen molar-refractivity contribution in [1.82, 2.24) is 4.98 Å². The van der Waals surface area contributed by atoms with Gasteiger partial charge in [-0.05, 0) is 55.3 Å². The highest BCUT2D eigenvalue weighted by Crippen LogP contribution is 2.18. The number of benzene rings is 2. The molecular weight excluding hydrogens is 388 g/mol. The molecule has 0 aliphatic carbocycles. The van der Waals surface area contributed by atoms with Crippen LogP contribution >= 0.6 is 11.3 Å². The minimum Gasteiger partial charge on any atom is -0.497 e. The predicted octanol–water partition coefficient (Wildman–Crippen LogP) is 4.31. The van der Waals surface area contributed by atoms with Crippen LogP contribution in [0.25, 0.3) is 0 Å². The maximum atomic E-state index is 12.3. The van der Waals surface area contributed by atoms with Crippen LogP contribution in [0, 0.1) is 13.8 Å².